The van der Waals surface area contributed by atoms with E-state index in [2.05, 4.69) is 10.4 Å². The van der Waals surface area contributed by atoms with Crippen molar-refractivity contribution in [3.8, 4) is 5.75 Å². The maximum absolute atomic E-state index is 13.2. The van der Waals surface area contributed by atoms with Crippen molar-refractivity contribution >= 4 is 50.9 Å². The van der Waals surface area contributed by atoms with Crippen LogP contribution < -0.4 is 20.8 Å². The molecule has 212 valence electrons. The maximum Gasteiger partial charge on any atom is 0.308 e. The molecule has 2 amide bonds. The van der Waals surface area contributed by atoms with Crippen LogP contribution in [-0.4, -0.2) is 38.7 Å². The minimum absolute atomic E-state index is 0.146. The zero-order chi connectivity index (χ0) is 29.9. The Morgan fingerprint density at radius 3 is 2.37 bits per heavy atom. The molecule has 3 aromatic rings. The number of rotatable bonds is 8. The second kappa shape index (κ2) is 11.8. The molecule has 0 unspecified atom stereocenters. The number of hydrogen-bond donors (Lipinski definition) is 2. The quantitative estimate of drug-likeness (QED) is 0.177. The van der Waals surface area contributed by atoms with Gasteiger partial charge in [-0.25, -0.2) is 13.4 Å². The van der Waals surface area contributed by atoms with Crippen molar-refractivity contribution in [1.29, 1.82) is 0 Å². The number of aryl methyl sites for hydroxylation is 1. The van der Waals surface area contributed by atoms with E-state index in [0.717, 1.165) is 42.0 Å². The summed E-state index contributed by atoms with van der Waals surface area (Å²) in [6, 6.07) is 16.6. The number of nitrogens with one attached hydrogen (secondary N) is 1. The fraction of sp³-hybridized carbons (Fsp3) is 0.200. The molecule has 0 saturated carbocycles. The van der Waals surface area contributed by atoms with Crippen LogP contribution in [0.25, 0.3) is 5.70 Å². The van der Waals surface area contributed by atoms with Crippen molar-refractivity contribution in [2.75, 3.05) is 16.6 Å². The highest BCUT2D eigenvalue weighted by molar-refractivity contribution is 7.90. The van der Waals surface area contributed by atoms with E-state index in [-0.39, 0.29) is 10.8 Å². The first-order valence-corrected chi connectivity index (χ1v) is 14.6. The molecule has 0 bridgehead atoms. The lowest BCUT2D eigenvalue weighted by molar-refractivity contribution is -0.131. The minimum atomic E-state index is -3.42. The van der Waals surface area contributed by atoms with Crippen molar-refractivity contribution in [2.45, 2.75) is 38.5 Å². The third-order valence-electron chi connectivity index (χ3n) is 6.60. The minimum Gasteiger partial charge on any atom is -0.426 e. The number of nitrogens with two attached hydrogens (primary N) is 1. The molecule has 3 aromatic carbocycles. The molecule has 0 heterocycles. The summed E-state index contributed by atoms with van der Waals surface area (Å²) in [6.45, 7) is 4.95. The summed E-state index contributed by atoms with van der Waals surface area (Å²) in [5.41, 5.74) is 10.7. The third kappa shape index (κ3) is 6.69. The first-order chi connectivity index (χ1) is 19.3. The zero-order valence-electron chi connectivity index (χ0n) is 23.1. The highest BCUT2D eigenvalue weighted by Gasteiger charge is 2.24. The first kappa shape index (κ1) is 29.2. The molecule has 41 heavy (non-hydrogen) atoms. The number of hydrazone groups is 1. The van der Waals surface area contributed by atoms with E-state index < -0.39 is 21.7 Å². The van der Waals surface area contributed by atoms with Crippen molar-refractivity contribution in [2.24, 2.45) is 10.8 Å². The average Bonchev–Trinajstić information content (AvgIpc) is 2.90. The van der Waals surface area contributed by atoms with Gasteiger partial charge in [0, 0.05) is 35.6 Å². The van der Waals surface area contributed by atoms with Crippen LogP contribution in [-0.2, 0) is 25.8 Å². The number of fused-ring (bicyclic) bond motifs is 1. The van der Waals surface area contributed by atoms with Crippen LogP contribution in [0.3, 0.4) is 0 Å². The highest BCUT2D eigenvalue weighted by atomic mass is 32.2. The Bertz CT molecular complexity index is 1710. The van der Waals surface area contributed by atoms with Crippen molar-refractivity contribution in [3.05, 3.63) is 88.5 Å². The van der Waals surface area contributed by atoms with Crippen molar-refractivity contribution in [1.82, 2.24) is 0 Å². The van der Waals surface area contributed by atoms with Crippen LogP contribution in [0.15, 0.2) is 76.2 Å². The molecule has 4 rings (SSSR count). The van der Waals surface area contributed by atoms with E-state index in [1.807, 2.05) is 19.1 Å². The van der Waals surface area contributed by atoms with Gasteiger partial charge in [0.15, 0.2) is 9.84 Å². The Morgan fingerprint density at radius 1 is 1.02 bits per heavy atom. The molecule has 10 nitrogen and oxygen atoms in total. The molecular weight excluding hydrogens is 544 g/mol. The summed E-state index contributed by atoms with van der Waals surface area (Å²) in [7, 11) is -3.42. The summed E-state index contributed by atoms with van der Waals surface area (Å²) < 4.78 is 29.2. The van der Waals surface area contributed by atoms with Gasteiger partial charge in [0.2, 0.25) is 0 Å². The number of hydrogen-bond acceptors (Lipinski definition) is 8. The van der Waals surface area contributed by atoms with E-state index in [1.54, 1.807) is 48.3 Å². The number of anilines is 2. The number of sulfone groups is 1. The predicted octanol–water partition coefficient (Wildman–Crippen LogP) is 4.23. The van der Waals surface area contributed by atoms with Gasteiger partial charge >= 0.3 is 5.97 Å². The summed E-state index contributed by atoms with van der Waals surface area (Å²) in [6.07, 6.45) is 3.59. The Balaban J connectivity index is 1.74. The van der Waals surface area contributed by atoms with Crippen LogP contribution in [0.2, 0.25) is 0 Å². The molecule has 0 atom stereocenters. The van der Waals surface area contributed by atoms with Gasteiger partial charge in [-0.1, -0.05) is 12.1 Å². The molecule has 1 aliphatic carbocycles. The average molecular weight is 575 g/mol. The number of ether oxygens (including phenoxy) is 1. The Morgan fingerprint density at radius 2 is 1.73 bits per heavy atom. The van der Waals surface area contributed by atoms with E-state index in [0.29, 0.717) is 33.9 Å². The lowest BCUT2D eigenvalue weighted by atomic mass is 9.89. The summed E-state index contributed by atoms with van der Waals surface area (Å²) in [5.74, 6) is -1.30. The standard InChI is InChI=1S/C30H30N4O6S/c1-18-8-9-21-10-11-22(33-30(37)25-6-5-7-27(19(25)2)40-20(3)35)16-26(21)29(18)34(32-17-28(31)36)23-12-14-24(15-13-23)41(4,38)39/h5-7,10-17H,8-9H2,1-4H3,(H2,31,36)(H,33,37)/b32-17+. The number of carbonyl (C=O) groups is 3. The second-order valence-corrected chi connectivity index (χ2v) is 11.7. The largest absolute Gasteiger partial charge is 0.426 e. The molecule has 0 aliphatic heterocycles. The van der Waals surface area contributed by atoms with Crippen molar-refractivity contribution < 1.29 is 27.5 Å². The Labute approximate surface area is 238 Å². The molecule has 11 heteroatoms. The lowest BCUT2D eigenvalue weighted by Crippen LogP contribution is -2.23. The molecule has 1 aliphatic rings. The van der Waals surface area contributed by atoms with Gasteiger partial charge in [-0.05, 0) is 86.4 Å². The van der Waals surface area contributed by atoms with E-state index in [4.69, 9.17) is 10.5 Å². The second-order valence-electron chi connectivity index (χ2n) is 9.70. The molecular formula is C30H30N4O6S. The lowest BCUT2D eigenvalue weighted by Gasteiger charge is -2.30. The summed E-state index contributed by atoms with van der Waals surface area (Å²) >= 11 is 0. The SMILES string of the molecule is CC(=O)Oc1cccc(C(=O)Nc2ccc3c(c2)C(N(/N=C/C(N)=O)c2ccc(S(C)(=O)=O)cc2)=C(C)CC3)c1C. The van der Waals surface area contributed by atoms with Crippen LogP contribution >= 0.6 is 0 Å². The van der Waals surface area contributed by atoms with Gasteiger partial charge in [-0.3, -0.25) is 14.4 Å². The Kier molecular flexibility index (Phi) is 8.39. The van der Waals surface area contributed by atoms with E-state index in [1.165, 1.54) is 19.1 Å². The van der Waals surface area contributed by atoms with Crippen LogP contribution in [0.4, 0.5) is 11.4 Å². The van der Waals surface area contributed by atoms with E-state index in [9.17, 15) is 22.8 Å². The Hall–Kier alpha value is -4.77. The molecule has 0 aromatic heterocycles. The van der Waals surface area contributed by atoms with Gasteiger partial charge < -0.3 is 15.8 Å². The summed E-state index contributed by atoms with van der Waals surface area (Å²) in [4.78, 5) is 36.4. The van der Waals surface area contributed by atoms with Gasteiger partial charge in [0.05, 0.1) is 16.3 Å². The number of esters is 1. The predicted molar refractivity (Wildman–Crippen MR) is 158 cm³/mol. The topological polar surface area (TPSA) is 148 Å². The first-order valence-electron chi connectivity index (χ1n) is 12.7. The van der Waals surface area contributed by atoms with Crippen LogP contribution in [0.1, 0.15) is 47.3 Å². The fourth-order valence-electron chi connectivity index (χ4n) is 4.58. The molecule has 3 N–H and O–H groups in total. The van der Waals surface area contributed by atoms with Crippen LogP contribution in [0.5, 0.6) is 5.75 Å². The number of nitrogens with zero attached hydrogens (tertiary/aromatic N) is 2. The molecule has 0 spiro atoms. The number of primary amides is 1. The highest BCUT2D eigenvalue weighted by Crippen LogP contribution is 2.38. The number of allylic oxidation sites excluding steroid dienone is 1. The molecule has 0 radical (unpaired) electrons. The van der Waals surface area contributed by atoms with Crippen molar-refractivity contribution in [3.63, 3.8) is 0 Å². The smallest absolute Gasteiger partial charge is 0.308 e. The maximum atomic E-state index is 13.2. The number of carbonyl (C=O) groups excluding carboxylic acids is 3. The van der Waals surface area contributed by atoms with Gasteiger partial charge in [-0.15, -0.1) is 0 Å². The van der Waals surface area contributed by atoms with Crippen LogP contribution in [0, 0.1) is 6.92 Å². The normalized spacial score (nSPS) is 13.1. The number of benzene rings is 3. The molecule has 0 fully saturated rings. The molecule has 0 saturated heterocycles. The van der Waals surface area contributed by atoms with E-state index >= 15 is 0 Å². The van der Waals surface area contributed by atoms with Gasteiger partial charge in [-0.2, -0.15) is 5.10 Å². The third-order valence-corrected chi connectivity index (χ3v) is 7.73. The number of amides is 2. The zero-order valence-corrected chi connectivity index (χ0v) is 23.9. The summed E-state index contributed by atoms with van der Waals surface area (Å²) in [5, 5.41) is 8.80. The van der Waals surface area contributed by atoms with Gasteiger partial charge in [0.1, 0.15) is 12.0 Å². The monoisotopic (exact) mass is 574 g/mol. The van der Waals surface area contributed by atoms with Gasteiger partial charge in [0.25, 0.3) is 11.8 Å². The fourth-order valence-corrected chi connectivity index (χ4v) is 5.22.